The number of anilines is 1. The van der Waals surface area contributed by atoms with E-state index in [2.05, 4.69) is 15.3 Å². The van der Waals surface area contributed by atoms with E-state index in [4.69, 9.17) is 5.26 Å². The van der Waals surface area contributed by atoms with Crippen molar-refractivity contribution in [3.63, 3.8) is 0 Å². The van der Waals surface area contributed by atoms with E-state index in [-0.39, 0.29) is 11.2 Å². The summed E-state index contributed by atoms with van der Waals surface area (Å²) in [5.74, 6) is -0.143. The Hall–Kier alpha value is -2.39. The lowest BCUT2D eigenvalue weighted by atomic mass is 10.2. The third-order valence-corrected chi connectivity index (χ3v) is 3.49. The summed E-state index contributed by atoms with van der Waals surface area (Å²) in [7, 11) is 0. The number of aromatic nitrogens is 2. The van der Waals surface area contributed by atoms with Crippen LogP contribution in [-0.4, -0.2) is 21.1 Å². The molecule has 0 saturated heterocycles. The molecule has 0 aliphatic carbocycles. The van der Waals surface area contributed by atoms with Gasteiger partial charge >= 0.3 is 0 Å². The highest BCUT2D eigenvalue weighted by Gasteiger charge is 2.15. The molecule has 1 amide bonds. The van der Waals surface area contributed by atoms with Crippen molar-refractivity contribution in [1.82, 2.24) is 9.97 Å². The highest BCUT2D eigenvalue weighted by molar-refractivity contribution is 8.00. The van der Waals surface area contributed by atoms with Crippen molar-refractivity contribution >= 4 is 23.4 Å². The average Bonchev–Trinajstić information content (AvgIpc) is 2.48. The highest BCUT2D eigenvalue weighted by Crippen LogP contribution is 2.21. The molecule has 20 heavy (non-hydrogen) atoms. The van der Waals surface area contributed by atoms with Crippen molar-refractivity contribution in [3.05, 3.63) is 48.4 Å². The molecule has 0 bridgehead atoms. The minimum Gasteiger partial charge on any atom is -0.325 e. The van der Waals surface area contributed by atoms with Gasteiger partial charge in [-0.25, -0.2) is 4.98 Å². The smallest absolute Gasteiger partial charge is 0.237 e. The van der Waals surface area contributed by atoms with E-state index >= 15 is 0 Å². The summed E-state index contributed by atoms with van der Waals surface area (Å²) in [6, 6.07) is 8.84. The summed E-state index contributed by atoms with van der Waals surface area (Å²) in [4.78, 5) is 20.1. The van der Waals surface area contributed by atoms with E-state index in [9.17, 15) is 4.79 Å². The van der Waals surface area contributed by atoms with Gasteiger partial charge in [-0.05, 0) is 25.1 Å². The van der Waals surface area contributed by atoms with Crippen molar-refractivity contribution < 1.29 is 4.79 Å². The molecule has 0 aliphatic heterocycles. The second-order valence-electron chi connectivity index (χ2n) is 3.99. The Morgan fingerprint density at radius 2 is 2.30 bits per heavy atom. The predicted molar refractivity (Wildman–Crippen MR) is 77.1 cm³/mol. The molecule has 1 N–H and O–H groups in total. The molecular weight excluding hydrogens is 272 g/mol. The van der Waals surface area contributed by atoms with Crippen molar-refractivity contribution in [3.8, 4) is 6.07 Å². The van der Waals surface area contributed by atoms with E-state index in [0.717, 1.165) is 0 Å². The largest absolute Gasteiger partial charge is 0.325 e. The Kier molecular flexibility index (Phi) is 4.69. The van der Waals surface area contributed by atoms with Gasteiger partial charge in [0.05, 0.1) is 23.1 Å². The van der Waals surface area contributed by atoms with Crippen LogP contribution < -0.4 is 5.32 Å². The summed E-state index contributed by atoms with van der Waals surface area (Å²) < 4.78 is 0. The normalized spacial score (nSPS) is 11.4. The summed E-state index contributed by atoms with van der Waals surface area (Å²) >= 11 is 1.33. The van der Waals surface area contributed by atoms with E-state index in [1.165, 1.54) is 11.8 Å². The van der Waals surface area contributed by atoms with Gasteiger partial charge in [0.2, 0.25) is 5.91 Å². The molecule has 1 atom stereocenters. The zero-order valence-electron chi connectivity index (χ0n) is 10.8. The van der Waals surface area contributed by atoms with E-state index in [1.807, 2.05) is 6.07 Å². The number of carbonyl (C=O) groups excluding carboxylic acids is 1. The zero-order valence-corrected chi connectivity index (χ0v) is 11.6. The van der Waals surface area contributed by atoms with Gasteiger partial charge in [-0.15, -0.1) is 0 Å². The lowest BCUT2D eigenvalue weighted by Crippen LogP contribution is -2.22. The van der Waals surface area contributed by atoms with E-state index in [1.54, 1.807) is 49.8 Å². The molecule has 6 heteroatoms. The first-order valence-corrected chi connectivity index (χ1v) is 6.80. The SMILES string of the molecule is CC(Sc1cnccn1)C(=O)Nc1cccc(C#N)c1. The molecule has 100 valence electrons. The lowest BCUT2D eigenvalue weighted by Gasteiger charge is -2.11. The summed E-state index contributed by atoms with van der Waals surface area (Å²) in [6.45, 7) is 1.79. The Bertz CT molecular complexity index is 639. The van der Waals surface area contributed by atoms with Crippen molar-refractivity contribution in [2.24, 2.45) is 0 Å². The number of rotatable bonds is 4. The lowest BCUT2D eigenvalue weighted by molar-refractivity contribution is -0.115. The van der Waals surface area contributed by atoms with Gasteiger partial charge in [-0.2, -0.15) is 5.26 Å². The maximum atomic E-state index is 12.1. The molecule has 0 spiro atoms. The molecule has 5 nitrogen and oxygen atoms in total. The number of thioether (sulfide) groups is 1. The van der Waals surface area contributed by atoms with Gasteiger partial charge in [0.15, 0.2) is 0 Å². The van der Waals surface area contributed by atoms with Crippen LogP contribution in [0.3, 0.4) is 0 Å². The zero-order chi connectivity index (χ0) is 14.4. The van der Waals surface area contributed by atoms with Gasteiger partial charge < -0.3 is 5.32 Å². The van der Waals surface area contributed by atoms with Crippen molar-refractivity contribution in [2.75, 3.05) is 5.32 Å². The number of hydrogen-bond acceptors (Lipinski definition) is 5. The van der Waals surface area contributed by atoms with Gasteiger partial charge in [0, 0.05) is 18.1 Å². The first kappa shape index (κ1) is 14.0. The summed E-state index contributed by atoms with van der Waals surface area (Å²) in [5.41, 5.74) is 1.12. The molecule has 0 aliphatic rings. The van der Waals surface area contributed by atoms with E-state index in [0.29, 0.717) is 16.3 Å². The minimum absolute atomic E-state index is 0.143. The molecule has 2 rings (SSSR count). The number of nitrogens with one attached hydrogen (secondary N) is 1. The van der Waals surface area contributed by atoms with Crippen LogP contribution in [0.4, 0.5) is 5.69 Å². The van der Waals surface area contributed by atoms with Crippen molar-refractivity contribution in [2.45, 2.75) is 17.2 Å². The van der Waals surface area contributed by atoms with Gasteiger partial charge in [0.25, 0.3) is 0 Å². The monoisotopic (exact) mass is 284 g/mol. The molecule has 1 aromatic carbocycles. The standard InChI is InChI=1S/C14H12N4OS/c1-10(20-13-9-16-5-6-17-13)14(19)18-12-4-2-3-11(7-12)8-15/h2-7,9-10H,1H3,(H,18,19). The molecule has 1 aromatic heterocycles. The number of carbonyl (C=O) groups is 1. The Morgan fingerprint density at radius 1 is 1.45 bits per heavy atom. The van der Waals surface area contributed by atoms with Gasteiger partial charge in [-0.3, -0.25) is 9.78 Å². The number of benzene rings is 1. The second kappa shape index (κ2) is 6.68. The number of nitrogens with zero attached hydrogens (tertiary/aromatic N) is 3. The Labute approximate surface area is 121 Å². The fourth-order valence-electron chi connectivity index (χ4n) is 1.49. The van der Waals surface area contributed by atoms with E-state index < -0.39 is 0 Å². The van der Waals surface area contributed by atoms with Crippen LogP contribution in [0.15, 0.2) is 47.9 Å². The van der Waals surface area contributed by atoms with Crippen LogP contribution in [0.25, 0.3) is 0 Å². The van der Waals surface area contributed by atoms with Crippen LogP contribution >= 0.6 is 11.8 Å². The average molecular weight is 284 g/mol. The second-order valence-corrected chi connectivity index (χ2v) is 5.35. The number of hydrogen-bond donors (Lipinski definition) is 1. The summed E-state index contributed by atoms with van der Waals surface area (Å²) in [6.07, 6.45) is 4.79. The quantitative estimate of drug-likeness (QED) is 0.872. The maximum Gasteiger partial charge on any atom is 0.237 e. The third-order valence-electron chi connectivity index (χ3n) is 2.47. The molecule has 0 fully saturated rings. The first-order chi connectivity index (χ1) is 9.69. The molecule has 2 aromatic rings. The first-order valence-electron chi connectivity index (χ1n) is 5.93. The number of nitriles is 1. The van der Waals surface area contributed by atoms with Gasteiger partial charge in [-0.1, -0.05) is 17.8 Å². The van der Waals surface area contributed by atoms with Crippen LogP contribution in [0, 0.1) is 11.3 Å². The molecule has 0 saturated carbocycles. The fraction of sp³-hybridized carbons (Fsp3) is 0.143. The molecule has 1 heterocycles. The van der Waals surface area contributed by atoms with Crippen LogP contribution in [0.1, 0.15) is 12.5 Å². The molecule has 1 unspecified atom stereocenters. The fourth-order valence-corrected chi connectivity index (χ4v) is 2.26. The Balaban J connectivity index is 1.99. The minimum atomic E-state index is -0.308. The molecule has 0 radical (unpaired) electrons. The third kappa shape index (κ3) is 3.80. The van der Waals surface area contributed by atoms with Gasteiger partial charge in [0.1, 0.15) is 5.03 Å². The molecular formula is C14H12N4OS. The van der Waals surface area contributed by atoms with Crippen LogP contribution in [0.2, 0.25) is 0 Å². The van der Waals surface area contributed by atoms with Crippen LogP contribution in [-0.2, 0) is 4.79 Å². The topological polar surface area (TPSA) is 78.7 Å². The van der Waals surface area contributed by atoms with Crippen LogP contribution in [0.5, 0.6) is 0 Å². The predicted octanol–water partition coefficient (Wildman–Crippen LogP) is 2.47. The Morgan fingerprint density at radius 3 is 3.00 bits per heavy atom. The number of amides is 1. The maximum absolute atomic E-state index is 12.1. The highest BCUT2D eigenvalue weighted by atomic mass is 32.2. The van der Waals surface area contributed by atoms with Crippen molar-refractivity contribution in [1.29, 1.82) is 5.26 Å². The summed E-state index contributed by atoms with van der Waals surface area (Å²) in [5, 5.41) is 12.0.